The van der Waals surface area contributed by atoms with Gasteiger partial charge in [0.2, 0.25) is 0 Å². The minimum Gasteiger partial charge on any atom is -0.344 e. The Morgan fingerprint density at radius 3 is 1.25 bits per heavy atom. The van der Waals surface area contributed by atoms with E-state index in [0.29, 0.717) is 0 Å². The van der Waals surface area contributed by atoms with E-state index >= 15 is 0 Å². The van der Waals surface area contributed by atoms with Crippen molar-refractivity contribution in [1.29, 1.82) is 0 Å². The standard InChI is InChI=1S/Ag.2H3N.H2O3S2/c;;;1-5(2,3)4/h;2*1H3;(H2,1,2,3,4). The van der Waals surface area contributed by atoms with Gasteiger partial charge in [-0.2, -0.15) is 4.21 Å². The molecule has 8 heteroatoms. The quantitative estimate of drug-likeness (QED) is 0.451. The second-order valence-electron chi connectivity index (χ2n) is 0.448. The maximum atomic E-state index is 9.11. The Morgan fingerprint density at radius 2 is 1.25 bits per heavy atom. The predicted octanol–water partition coefficient (Wildman–Crippen LogP) is 0.000200. The molecular weight excluding hydrogens is 248 g/mol. The fraction of sp³-hybridized carbons (Fsp3) is 0. The molecule has 5 nitrogen and oxygen atoms in total. The molecule has 0 saturated carbocycles. The van der Waals surface area contributed by atoms with Crippen LogP contribution in [0.15, 0.2) is 0 Å². The van der Waals surface area contributed by atoms with E-state index < -0.39 is 9.05 Å². The zero-order valence-electron chi connectivity index (χ0n) is 3.83. The Labute approximate surface area is 68.2 Å². The Kier molecular flexibility index (Phi) is 22.9. The summed E-state index contributed by atoms with van der Waals surface area (Å²) >= 11 is 3.47. The summed E-state index contributed by atoms with van der Waals surface area (Å²) in [6.45, 7) is 0. The maximum Gasteiger partial charge on any atom is 0.263 e. The Bertz CT molecular complexity index is 98.5. The van der Waals surface area contributed by atoms with E-state index in [4.69, 9.17) is 13.3 Å². The average Bonchev–Trinajstić information content (AvgIpc) is 0.722. The largest absolute Gasteiger partial charge is 0.344 e. The van der Waals surface area contributed by atoms with Crippen LogP contribution in [0.2, 0.25) is 0 Å². The molecule has 0 aromatic carbocycles. The van der Waals surface area contributed by atoms with Crippen molar-refractivity contribution >= 4 is 20.2 Å². The number of hydrogen-bond acceptors (Lipinski definition) is 4. The minimum atomic E-state index is -3.83. The molecule has 0 atom stereocenters. The van der Waals surface area contributed by atoms with E-state index in [0.717, 1.165) is 0 Å². The van der Waals surface area contributed by atoms with Gasteiger partial charge in [0, 0.05) is 33.6 Å². The summed E-state index contributed by atoms with van der Waals surface area (Å²) in [7, 11) is -3.83. The Morgan fingerprint density at radius 1 is 1.25 bits per heavy atom. The molecule has 59 valence electrons. The van der Waals surface area contributed by atoms with Crippen molar-refractivity contribution in [3.05, 3.63) is 0 Å². The van der Waals surface area contributed by atoms with Crippen molar-refractivity contribution in [3.63, 3.8) is 0 Å². The van der Waals surface area contributed by atoms with E-state index in [1.165, 1.54) is 0 Å². The van der Waals surface area contributed by atoms with Crippen molar-refractivity contribution in [2.24, 2.45) is 0 Å². The summed E-state index contributed by atoms with van der Waals surface area (Å²) in [6.07, 6.45) is 0. The molecular formula is H8AgN2O3S2. The summed E-state index contributed by atoms with van der Waals surface area (Å²) in [6, 6.07) is 0. The van der Waals surface area contributed by atoms with Gasteiger partial charge in [0.05, 0.1) is 0 Å². The molecule has 0 aromatic rings. The van der Waals surface area contributed by atoms with Gasteiger partial charge in [-0.25, -0.2) is 0 Å². The van der Waals surface area contributed by atoms with Gasteiger partial charge < -0.3 is 12.3 Å². The van der Waals surface area contributed by atoms with E-state index in [-0.39, 0.29) is 34.7 Å². The van der Waals surface area contributed by atoms with Gasteiger partial charge >= 0.3 is 0 Å². The molecule has 0 spiro atoms. The maximum absolute atomic E-state index is 9.11. The first-order chi connectivity index (χ1) is 2.00. The fourth-order valence-electron chi connectivity index (χ4n) is 0. The molecule has 0 amide bonds. The molecule has 0 saturated heterocycles. The van der Waals surface area contributed by atoms with Crippen LogP contribution in [-0.2, 0) is 42.6 Å². The Hall–Kier alpha value is 0.950. The van der Waals surface area contributed by atoms with Gasteiger partial charge in [-0.15, -0.1) is 0 Å². The first-order valence-electron chi connectivity index (χ1n) is 0.698. The van der Waals surface area contributed by atoms with Crippen LogP contribution in [-0.4, -0.2) is 13.3 Å². The summed E-state index contributed by atoms with van der Waals surface area (Å²) in [5.74, 6) is 0. The molecule has 1 radical (unpaired) electrons. The molecule has 0 bridgehead atoms. The minimum absolute atomic E-state index is 0. The van der Waals surface area contributed by atoms with Crippen LogP contribution in [0.5, 0.6) is 0 Å². The summed E-state index contributed by atoms with van der Waals surface area (Å²) in [4.78, 5) is 0. The van der Waals surface area contributed by atoms with E-state index in [9.17, 15) is 0 Å². The molecule has 0 heterocycles. The van der Waals surface area contributed by atoms with Crippen molar-refractivity contribution in [2.45, 2.75) is 0 Å². The molecule has 0 aliphatic rings. The van der Waals surface area contributed by atoms with Crippen LogP contribution in [0.3, 0.4) is 0 Å². The van der Waals surface area contributed by atoms with Crippen molar-refractivity contribution in [2.75, 3.05) is 0 Å². The number of rotatable bonds is 0. The molecule has 8 N–H and O–H groups in total. The van der Waals surface area contributed by atoms with Crippen LogP contribution in [0, 0.1) is 0 Å². The first-order valence-corrected chi connectivity index (χ1v) is 3.10. The fourth-order valence-corrected chi connectivity index (χ4v) is 0. The summed E-state index contributed by atoms with van der Waals surface area (Å²) in [5, 5.41) is 0. The van der Waals surface area contributed by atoms with Crippen LogP contribution < -0.4 is 12.3 Å². The molecule has 0 aliphatic carbocycles. The Balaban J connectivity index is -0.0000000267. The van der Waals surface area contributed by atoms with Crippen molar-refractivity contribution in [1.82, 2.24) is 12.3 Å². The first kappa shape index (κ1) is 23.1. The smallest absolute Gasteiger partial charge is 0.263 e. The molecule has 0 aromatic heterocycles. The van der Waals surface area contributed by atoms with Gasteiger partial charge in [-0.05, 0) is 0 Å². The molecule has 8 heavy (non-hydrogen) atoms. The summed E-state index contributed by atoms with van der Waals surface area (Å²) in [5.41, 5.74) is 0. The topological polar surface area (TPSA) is 128 Å². The normalized spacial score (nSPS) is 7.25. The second kappa shape index (κ2) is 7.95. The average molecular weight is 256 g/mol. The molecule has 0 aliphatic heterocycles. The zero-order valence-corrected chi connectivity index (χ0v) is 6.95. The van der Waals surface area contributed by atoms with E-state index in [1.54, 1.807) is 0 Å². The van der Waals surface area contributed by atoms with E-state index in [1.807, 2.05) is 0 Å². The number of hydrogen-bond donors (Lipinski definition) is 4. The van der Waals surface area contributed by atoms with Crippen LogP contribution in [0.25, 0.3) is 0 Å². The van der Waals surface area contributed by atoms with Gasteiger partial charge in [-0.3, -0.25) is 9.11 Å². The predicted molar refractivity (Wildman–Crippen MR) is 30.8 cm³/mol. The van der Waals surface area contributed by atoms with Gasteiger partial charge in [0.1, 0.15) is 0 Å². The van der Waals surface area contributed by atoms with Crippen LogP contribution >= 0.6 is 0 Å². The van der Waals surface area contributed by atoms with Crippen molar-refractivity contribution in [3.8, 4) is 0 Å². The van der Waals surface area contributed by atoms with Gasteiger partial charge in [-0.1, -0.05) is 0 Å². The molecule has 0 fully saturated rings. The zero-order chi connectivity index (χ0) is 4.50. The van der Waals surface area contributed by atoms with Gasteiger partial charge in [0.15, 0.2) is 0 Å². The van der Waals surface area contributed by atoms with Crippen molar-refractivity contribution < 1.29 is 35.7 Å². The molecule has 0 unspecified atom stereocenters. The third kappa shape index (κ3) is 273. The second-order valence-corrected chi connectivity index (χ2v) is 2.65. The van der Waals surface area contributed by atoms with Crippen LogP contribution in [0.4, 0.5) is 0 Å². The van der Waals surface area contributed by atoms with Crippen LogP contribution in [0.1, 0.15) is 0 Å². The third-order valence-corrected chi connectivity index (χ3v) is 0. The van der Waals surface area contributed by atoms with E-state index in [2.05, 4.69) is 11.2 Å². The monoisotopic (exact) mass is 255 g/mol. The SMILES string of the molecule is N.N.O=S(O)(O)=S.[Ag]. The molecule has 0 rings (SSSR count). The van der Waals surface area contributed by atoms with Gasteiger partial charge in [0.25, 0.3) is 9.05 Å². The third-order valence-electron chi connectivity index (χ3n) is 0. The summed E-state index contributed by atoms with van der Waals surface area (Å²) < 4.78 is 24.0.